The van der Waals surface area contributed by atoms with Crippen LogP contribution in [-0.2, 0) is 6.54 Å². The molecule has 2 aromatic rings. The number of carbonyl (C=O) groups is 1. The molecule has 0 aliphatic rings. The predicted octanol–water partition coefficient (Wildman–Crippen LogP) is 3.70. The van der Waals surface area contributed by atoms with Gasteiger partial charge in [-0.1, -0.05) is 41.9 Å². The molecule has 0 aliphatic carbocycles. The van der Waals surface area contributed by atoms with Crippen molar-refractivity contribution < 1.29 is 4.79 Å². The summed E-state index contributed by atoms with van der Waals surface area (Å²) in [6.07, 6.45) is 0. The lowest BCUT2D eigenvalue weighted by Gasteiger charge is -2.11. The van der Waals surface area contributed by atoms with Crippen molar-refractivity contribution in [1.82, 2.24) is 5.32 Å². The van der Waals surface area contributed by atoms with Gasteiger partial charge in [0.25, 0.3) is 5.91 Å². The van der Waals surface area contributed by atoms with Gasteiger partial charge in [-0.3, -0.25) is 4.79 Å². The van der Waals surface area contributed by atoms with E-state index in [0.29, 0.717) is 17.1 Å². The molecule has 0 atom stereocenters. The van der Waals surface area contributed by atoms with Crippen LogP contribution in [0.25, 0.3) is 0 Å². The zero-order chi connectivity index (χ0) is 14.4. The standard InChI is InChI=1S/C16H17ClN2O/c1-2-18-15-9-8-13(17)10-14(15)16(20)19-11-12-6-4-3-5-7-12/h3-10,18H,2,11H2,1H3,(H,19,20). The quantitative estimate of drug-likeness (QED) is 0.881. The monoisotopic (exact) mass is 288 g/mol. The molecule has 2 rings (SSSR count). The number of anilines is 1. The Kier molecular flexibility index (Phi) is 5.02. The lowest BCUT2D eigenvalue weighted by molar-refractivity contribution is 0.0951. The Balaban J connectivity index is 2.10. The molecular formula is C16H17ClN2O. The highest BCUT2D eigenvalue weighted by Crippen LogP contribution is 2.20. The summed E-state index contributed by atoms with van der Waals surface area (Å²) < 4.78 is 0. The maximum Gasteiger partial charge on any atom is 0.253 e. The lowest BCUT2D eigenvalue weighted by Crippen LogP contribution is -2.24. The maximum absolute atomic E-state index is 12.3. The first-order valence-corrected chi connectivity index (χ1v) is 6.94. The van der Waals surface area contributed by atoms with Crippen molar-refractivity contribution in [3.05, 3.63) is 64.7 Å². The predicted molar refractivity (Wildman–Crippen MR) is 83.2 cm³/mol. The third-order valence-corrected chi connectivity index (χ3v) is 3.12. The number of hydrogen-bond acceptors (Lipinski definition) is 2. The summed E-state index contributed by atoms with van der Waals surface area (Å²) in [5.41, 5.74) is 2.42. The number of benzene rings is 2. The van der Waals surface area contributed by atoms with E-state index in [1.807, 2.05) is 43.3 Å². The molecule has 0 heterocycles. The molecule has 0 fully saturated rings. The van der Waals surface area contributed by atoms with E-state index in [9.17, 15) is 4.79 Å². The average Bonchev–Trinajstić information content (AvgIpc) is 2.48. The average molecular weight is 289 g/mol. The number of carbonyl (C=O) groups excluding carboxylic acids is 1. The molecule has 104 valence electrons. The van der Waals surface area contributed by atoms with Crippen LogP contribution in [0.1, 0.15) is 22.8 Å². The molecule has 0 bridgehead atoms. The Hall–Kier alpha value is -2.00. The van der Waals surface area contributed by atoms with Crippen LogP contribution in [0.5, 0.6) is 0 Å². The van der Waals surface area contributed by atoms with Gasteiger partial charge in [-0.25, -0.2) is 0 Å². The van der Waals surface area contributed by atoms with E-state index in [1.165, 1.54) is 0 Å². The molecule has 4 heteroatoms. The van der Waals surface area contributed by atoms with E-state index in [2.05, 4.69) is 10.6 Å². The number of amides is 1. The van der Waals surface area contributed by atoms with Crippen molar-refractivity contribution in [2.24, 2.45) is 0 Å². The zero-order valence-corrected chi connectivity index (χ0v) is 12.1. The molecule has 2 aromatic carbocycles. The smallest absolute Gasteiger partial charge is 0.253 e. The minimum absolute atomic E-state index is 0.132. The van der Waals surface area contributed by atoms with Crippen molar-refractivity contribution in [3.63, 3.8) is 0 Å². The molecule has 0 saturated carbocycles. The second-order valence-electron chi connectivity index (χ2n) is 4.39. The van der Waals surface area contributed by atoms with Gasteiger partial charge in [-0.15, -0.1) is 0 Å². The summed E-state index contributed by atoms with van der Waals surface area (Å²) in [5.74, 6) is -0.132. The second-order valence-corrected chi connectivity index (χ2v) is 4.82. The van der Waals surface area contributed by atoms with Gasteiger partial charge in [0, 0.05) is 23.8 Å². The van der Waals surface area contributed by atoms with E-state index < -0.39 is 0 Å². The van der Waals surface area contributed by atoms with Crippen molar-refractivity contribution in [1.29, 1.82) is 0 Å². The highest BCUT2D eigenvalue weighted by molar-refractivity contribution is 6.31. The fourth-order valence-electron chi connectivity index (χ4n) is 1.92. The van der Waals surface area contributed by atoms with Crippen molar-refractivity contribution in [3.8, 4) is 0 Å². The Morgan fingerprint density at radius 3 is 2.60 bits per heavy atom. The number of halogens is 1. The molecule has 1 amide bonds. The molecule has 0 radical (unpaired) electrons. The molecule has 0 spiro atoms. The Morgan fingerprint density at radius 1 is 1.15 bits per heavy atom. The summed E-state index contributed by atoms with van der Waals surface area (Å²) in [7, 11) is 0. The van der Waals surface area contributed by atoms with Crippen LogP contribution in [-0.4, -0.2) is 12.5 Å². The Bertz CT molecular complexity index is 584. The molecule has 20 heavy (non-hydrogen) atoms. The fourth-order valence-corrected chi connectivity index (χ4v) is 2.09. The van der Waals surface area contributed by atoms with Gasteiger partial charge in [0.2, 0.25) is 0 Å². The van der Waals surface area contributed by atoms with Crippen LogP contribution in [0.15, 0.2) is 48.5 Å². The van der Waals surface area contributed by atoms with Gasteiger partial charge < -0.3 is 10.6 Å². The van der Waals surface area contributed by atoms with Crippen LogP contribution in [0.2, 0.25) is 5.02 Å². The van der Waals surface area contributed by atoms with Gasteiger partial charge >= 0.3 is 0 Å². The fraction of sp³-hybridized carbons (Fsp3) is 0.188. The molecular weight excluding hydrogens is 272 g/mol. The SMILES string of the molecule is CCNc1ccc(Cl)cc1C(=O)NCc1ccccc1. The highest BCUT2D eigenvalue weighted by atomic mass is 35.5. The number of hydrogen-bond donors (Lipinski definition) is 2. The third kappa shape index (κ3) is 3.75. The Labute approximate surface area is 124 Å². The molecule has 0 aliphatic heterocycles. The van der Waals surface area contributed by atoms with Gasteiger partial charge in [0.15, 0.2) is 0 Å². The van der Waals surface area contributed by atoms with Crippen LogP contribution in [0.4, 0.5) is 5.69 Å². The molecule has 3 nitrogen and oxygen atoms in total. The summed E-state index contributed by atoms with van der Waals surface area (Å²) in [5, 5.41) is 6.62. The molecule has 0 aromatic heterocycles. The molecule has 0 saturated heterocycles. The summed E-state index contributed by atoms with van der Waals surface area (Å²) >= 11 is 5.97. The minimum atomic E-state index is -0.132. The van der Waals surface area contributed by atoms with E-state index in [0.717, 1.165) is 17.8 Å². The largest absolute Gasteiger partial charge is 0.385 e. The summed E-state index contributed by atoms with van der Waals surface area (Å²) in [4.78, 5) is 12.3. The van der Waals surface area contributed by atoms with Gasteiger partial charge in [-0.2, -0.15) is 0 Å². The van der Waals surface area contributed by atoms with Crippen molar-refractivity contribution in [2.45, 2.75) is 13.5 Å². The van der Waals surface area contributed by atoms with Gasteiger partial charge in [-0.05, 0) is 30.7 Å². The minimum Gasteiger partial charge on any atom is -0.385 e. The Morgan fingerprint density at radius 2 is 1.90 bits per heavy atom. The first-order chi connectivity index (χ1) is 9.70. The highest BCUT2D eigenvalue weighted by Gasteiger charge is 2.11. The van der Waals surface area contributed by atoms with Crippen molar-refractivity contribution in [2.75, 3.05) is 11.9 Å². The summed E-state index contributed by atoms with van der Waals surface area (Å²) in [6, 6.07) is 15.1. The maximum atomic E-state index is 12.3. The second kappa shape index (κ2) is 6.96. The first-order valence-electron chi connectivity index (χ1n) is 6.56. The topological polar surface area (TPSA) is 41.1 Å². The lowest BCUT2D eigenvalue weighted by atomic mass is 10.1. The van der Waals surface area contributed by atoms with Gasteiger partial charge in [0.1, 0.15) is 0 Å². The number of nitrogens with one attached hydrogen (secondary N) is 2. The normalized spacial score (nSPS) is 10.1. The zero-order valence-electron chi connectivity index (χ0n) is 11.3. The van der Waals surface area contributed by atoms with Gasteiger partial charge in [0.05, 0.1) is 5.56 Å². The third-order valence-electron chi connectivity index (χ3n) is 2.89. The summed E-state index contributed by atoms with van der Waals surface area (Å²) in [6.45, 7) is 3.23. The van der Waals surface area contributed by atoms with Crippen LogP contribution in [0, 0.1) is 0 Å². The van der Waals surface area contributed by atoms with Crippen molar-refractivity contribution >= 4 is 23.2 Å². The van der Waals surface area contributed by atoms with E-state index in [-0.39, 0.29) is 5.91 Å². The van der Waals surface area contributed by atoms with E-state index in [1.54, 1.807) is 12.1 Å². The number of rotatable bonds is 5. The van der Waals surface area contributed by atoms with Crippen LogP contribution >= 0.6 is 11.6 Å². The van der Waals surface area contributed by atoms with E-state index in [4.69, 9.17) is 11.6 Å². The molecule has 2 N–H and O–H groups in total. The van der Waals surface area contributed by atoms with Crippen LogP contribution < -0.4 is 10.6 Å². The first kappa shape index (κ1) is 14.4. The molecule has 0 unspecified atom stereocenters. The van der Waals surface area contributed by atoms with E-state index >= 15 is 0 Å². The van der Waals surface area contributed by atoms with Crippen LogP contribution in [0.3, 0.4) is 0 Å².